The van der Waals surface area contributed by atoms with E-state index in [0.29, 0.717) is 5.39 Å². The van der Waals surface area contributed by atoms with Gasteiger partial charge in [-0.15, -0.1) is 11.3 Å². The summed E-state index contributed by atoms with van der Waals surface area (Å²) in [5.41, 5.74) is 0.502. The number of imidazole rings is 1. The average Bonchev–Trinajstić information content (AvgIpc) is 3.19. The smallest absolute Gasteiger partial charge is 0.275 e. The Morgan fingerprint density at radius 2 is 2.20 bits per heavy atom. The molecule has 0 aliphatic carbocycles. The highest BCUT2D eigenvalue weighted by molar-refractivity contribution is 7.15. The van der Waals surface area contributed by atoms with Gasteiger partial charge in [-0.1, -0.05) is 18.2 Å². The number of benzene rings is 1. The van der Waals surface area contributed by atoms with Crippen molar-refractivity contribution >= 4 is 33.0 Å². The molecule has 0 bridgehead atoms. The van der Waals surface area contributed by atoms with Crippen LogP contribution in [0, 0.1) is 0 Å². The molecule has 25 heavy (non-hydrogen) atoms. The van der Waals surface area contributed by atoms with Crippen molar-refractivity contribution < 1.29 is 4.79 Å². The van der Waals surface area contributed by atoms with E-state index in [4.69, 9.17) is 0 Å². The summed E-state index contributed by atoms with van der Waals surface area (Å²) in [5.74, 6) is -0.284. The summed E-state index contributed by atoms with van der Waals surface area (Å²) < 4.78 is 3.09. The van der Waals surface area contributed by atoms with Crippen molar-refractivity contribution in [1.29, 1.82) is 0 Å². The molecule has 0 saturated heterocycles. The van der Waals surface area contributed by atoms with Gasteiger partial charge in [-0.2, -0.15) is 5.10 Å². The molecule has 0 radical (unpaired) electrons. The van der Waals surface area contributed by atoms with E-state index in [1.54, 1.807) is 18.3 Å². The molecule has 4 rings (SSSR count). The van der Waals surface area contributed by atoms with Gasteiger partial charge >= 0.3 is 0 Å². The second kappa shape index (κ2) is 6.14. The van der Waals surface area contributed by atoms with E-state index in [1.165, 1.54) is 16.0 Å². The summed E-state index contributed by atoms with van der Waals surface area (Å²) in [6.45, 7) is 1.73. The predicted octanol–water partition coefficient (Wildman–Crippen LogP) is 1.98. The summed E-state index contributed by atoms with van der Waals surface area (Å²) in [6.07, 6.45) is 5.40. The molecular weight excluding hydrogens is 338 g/mol. The van der Waals surface area contributed by atoms with Gasteiger partial charge in [0.2, 0.25) is 5.91 Å². The van der Waals surface area contributed by atoms with Crippen molar-refractivity contribution in [2.45, 2.75) is 19.5 Å². The summed E-state index contributed by atoms with van der Waals surface area (Å²) >= 11 is 1.53. The zero-order valence-electron chi connectivity index (χ0n) is 13.4. The average molecular weight is 353 g/mol. The predicted molar refractivity (Wildman–Crippen MR) is 95.6 cm³/mol. The molecule has 126 valence electrons. The van der Waals surface area contributed by atoms with Crippen LogP contribution in [0.3, 0.4) is 0 Å². The summed E-state index contributed by atoms with van der Waals surface area (Å²) in [7, 11) is 0. The van der Waals surface area contributed by atoms with Crippen LogP contribution in [-0.2, 0) is 11.3 Å². The highest BCUT2D eigenvalue weighted by Gasteiger charge is 2.15. The van der Waals surface area contributed by atoms with Gasteiger partial charge < -0.3 is 5.32 Å². The van der Waals surface area contributed by atoms with Crippen molar-refractivity contribution in [3.8, 4) is 0 Å². The first-order valence-electron chi connectivity index (χ1n) is 7.78. The van der Waals surface area contributed by atoms with Crippen LogP contribution in [0.2, 0.25) is 0 Å². The largest absolute Gasteiger partial charge is 0.346 e. The van der Waals surface area contributed by atoms with Gasteiger partial charge in [0, 0.05) is 23.2 Å². The van der Waals surface area contributed by atoms with E-state index in [2.05, 4.69) is 15.4 Å². The maximum absolute atomic E-state index is 12.4. The maximum atomic E-state index is 12.4. The lowest BCUT2D eigenvalue weighted by Gasteiger charge is -2.12. The summed E-state index contributed by atoms with van der Waals surface area (Å²) in [6, 6.07) is 6.93. The Morgan fingerprint density at radius 1 is 1.36 bits per heavy atom. The maximum Gasteiger partial charge on any atom is 0.275 e. The number of rotatable bonds is 4. The van der Waals surface area contributed by atoms with Crippen LogP contribution in [-0.4, -0.2) is 25.1 Å². The molecule has 1 N–H and O–H groups in total. The molecule has 0 spiro atoms. The van der Waals surface area contributed by atoms with Crippen molar-refractivity contribution in [3.63, 3.8) is 0 Å². The van der Waals surface area contributed by atoms with Crippen LogP contribution in [0.15, 0.2) is 53.0 Å². The number of aromatic nitrogens is 4. The van der Waals surface area contributed by atoms with Gasteiger partial charge in [0.15, 0.2) is 4.96 Å². The molecule has 0 aliphatic rings. The van der Waals surface area contributed by atoms with Crippen molar-refractivity contribution in [2.75, 3.05) is 0 Å². The Morgan fingerprint density at radius 3 is 3.04 bits per heavy atom. The fourth-order valence-electron chi connectivity index (χ4n) is 2.69. The van der Waals surface area contributed by atoms with E-state index in [-0.39, 0.29) is 24.1 Å². The monoisotopic (exact) mass is 353 g/mol. The molecule has 3 heterocycles. The fraction of sp³-hybridized carbons (Fsp3) is 0.176. The minimum Gasteiger partial charge on any atom is -0.346 e. The second-order valence-electron chi connectivity index (χ2n) is 5.74. The molecule has 1 amide bonds. The summed E-state index contributed by atoms with van der Waals surface area (Å²) in [4.78, 5) is 30.1. The van der Waals surface area contributed by atoms with Crippen molar-refractivity contribution in [3.05, 3.63) is 64.3 Å². The number of nitrogens with one attached hydrogen (secondary N) is 1. The topological polar surface area (TPSA) is 81.3 Å². The van der Waals surface area contributed by atoms with Gasteiger partial charge in [0.1, 0.15) is 6.54 Å². The van der Waals surface area contributed by atoms with Crippen LogP contribution in [0.5, 0.6) is 0 Å². The number of amides is 1. The Kier molecular flexibility index (Phi) is 3.81. The Bertz CT molecular complexity index is 1100. The normalized spacial score (nSPS) is 12.5. The van der Waals surface area contributed by atoms with Crippen LogP contribution >= 0.6 is 11.3 Å². The van der Waals surface area contributed by atoms with Gasteiger partial charge in [0.25, 0.3) is 5.56 Å². The molecule has 8 heteroatoms. The van der Waals surface area contributed by atoms with E-state index in [0.717, 1.165) is 16.0 Å². The van der Waals surface area contributed by atoms with Crippen LogP contribution in [0.25, 0.3) is 15.7 Å². The number of hydrogen-bond donors (Lipinski definition) is 1. The Hall–Kier alpha value is -3.00. The van der Waals surface area contributed by atoms with Crippen LogP contribution in [0.1, 0.15) is 18.7 Å². The molecule has 0 unspecified atom stereocenters. The van der Waals surface area contributed by atoms with Crippen LogP contribution in [0.4, 0.5) is 0 Å². The molecule has 4 aromatic rings. The minimum absolute atomic E-state index is 0.129. The quantitative estimate of drug-likeness (QED) is 0.608. The first-order valence-corrected chi connectivity index (χ1v) is 8.66. The zero-order valence-corrected chi connectivity index (χ0v) is 14.2. The number of carbonyl (C=O) groups is 1. The standard InChI is InChI=1S/C17H15N5O2S/c1-11(14-9-21-6-7-25-17(21)20-14)19-15(23)10-22-16(24)13-5-3-2-4-12(13)8-18-22/h2-9,11H,10H2,1H3,(H,19,23)/t11-/m0/s1. The Labute approximate surface area is 146 Å². The van der Waals surface area contributed by atoms with Gasteiger partial charge in [-0.05, 0) is 13.0 Å². The third kappa shape index (κ3) is 2.91. The molecule has 0 fully saturated rings. The fourth-order valence-corrected chi connectivity index (χ4v) is 3.40. The molecular formula is C17H15N5O2S. The number of fused-ring (bicyclic) bond motifs is 2. The second-order valence-corrected chi connectivity index (χ2v) is 6.62. The number of nitrogens with zero attached hydrogens (tertiary/aromatic N) is 4. The number of thiazole rings is 1. The third-order valence-electron chi connectivity index (χ3n) is 3.99. The van der Waals surface area contributed by atoms with Crippen LogP contribution < -0.4 is 10.9 Å². The highest BCUT2D eigenvalue weighted by atomic mass is 32.1. The summed E-state index contributed by atoms with van der Waals surface area (Å²) in [5, 5.41) is 10.2. The van der Waals surface area contributed by atoms with E-state index in [1.807, 2.05) is 41.2 Å². The molecule has 7 nitrogen and oxygen atoms in total. The van der Waals surface area contributed by atoms with Gasteiger partial charge in [-0.25, -0.2) is 9.67 Å². The van der Waals surface area contributed by atoms with E-state index < -0.39 is 0 Å². The highest BCUT2D eigenvalue weighted by Crippen LogP contribution is 2.16. The van der Waals surface area contributed by atoms with Crippen molar-refractivity contribution in [2.24, 2.45) is 0 Å². The Balaban J connectivity index is 1.51. The first kappa shape index (κ1) is 15.5. The SMILES string of the molecule is C[C@H](NC(=O)Cn1ncc2ccccc2c1=O)c1cn2ccsc2n1. The molecule has 1 aromatic carbocycles. The molecule has 0 saturated carbocycles. The molecule has 0 aliphatic heterocycles. The lowest BCUT2D eigenvalue weighted by molar-refractivity contribution is -0.122. The lowest BCUT2D eigenvalue weighted by Crippen LogP contribution is -2.35. The van der Waals surface area contributed by atoms with E-state index in [9.17, 15) is 9.59 Å². The number of hydrogen-bond acceptors (Lipinski definition) is 5. The minimum atomic E-state index is -0.284. The number of carbonyl (C=O) groups excluding carboxylic acids is 1. The molecule has 3 aromatic heterocycles. The molecule has 1 atom stereocenters. The van der Waals surface area contributed by atoms with Gasteiger partial charge in [0.05, 0.1) is 23.3 Å². The lowest BCUT2D eigenvalue weighted by atomic mass is 10.2. The third-order valence-corrected chi connectivity index (χ3v) is 4.76. The zero-order chi connectivity index (χ0) is 17.4. The first-order chi connectivity index (χ1) is 12.1. The van der Waals surface area contributed by atoms with Crippen molar-refractivity contribution in [1.82, 2.24) is 24.5 Å². The van der Waals surface area contributed by atoms with Gasteiger partial charge in [-0.3, -0.25) is 14.0 Å². The van der Waals surface area contributed by atoms with E-state index >= 15 is 0 Å².